The van der Waals surface area contributed by atoms with E-state index in [1.165, 1.54) is 0 Å². The maximum absolute atomic E-state index is 5.82. The number of aryl methyl sites for hydroxylation is 1. The highest BCUT2D eigenvalue weighted by Crippen LogP contribution is 2.26. The van der Waals surface area contributed by atoms with Gasteiger partial charge in [0.2, 0.25) is 0 Å². The van der Waals surface area contributed by atoms with Crippen molar-refractivity contribution in [1.82, 2.24) is 0 Å². The fraction of sp³-hybridized carbons (Fsp3) is 0.143. The summed E-state index contributed by atoms with van der Waals surface area (Å²) < 4.78 is 5.76. The van der Waals surface area contributed by atoms with Gasteiger partial charge in [-0.25, -0.2) is 0 Å². The number of hydrogen-bond acceptors (Lipinski definition) is 2. The maximum atomic E-state index is 5.82. The number of rotatable bonds is 3. The Hall–Kier alpha value is -1.51. The Kier molecular flexibility index (Phi) is 3.67. The summed E-state index contributed by atoms with van der Waals surface area (Å²) in [6.45, 7) is 2.55. The third-order valence-electron chi connectivity index (χ3n) is 2.52. The summed E-state index contributed by atoms with van der Waals surface area (Å²) >= 11 is 5.82. The molecule has 0 aliphatic rings. The molecule has 17 heavy (non-hydrogen) atoms. The molecule has 2 aromatic rings. The molecule has 0 saturated carbocycles. The fourth-order valence-electron chi connectivity index (χ4n) is 1.58. The first kappa shape index (κ1) is 12.0. The second kappa shape index (κ2) is 5.21. The zero-order chi connectivity index (χ0) is 12.3. The molecule has 0 spiro atoms. The predicted octanol–water partition coefficient (Wildman–Crippen LogP) is 3.90. The third-order valence-corrected chi connectivity index (χ3v) is 2.77. The molecule has 2 nitrogen and oxygen atoms in total. The lowest BCUT2D eigenvalue weighted by Gasteiger charge is -2.09. The number of halogens is 1. The Bertz CT molecular complexity index is 508. The summed E-state index contributed by atoms with van der Waals surface area (Å²) in [4.78, 5) is 0. The quantitative estimate of drug-likeness (QED) is 0.893. The minimum Gasteiger partial charge on any atom is -0.457 e. The highest BCUT2D eigenvalue weighted by atomic mass is 35.5. The Morgan fingerprint density at radius 1 is 1.12 bits per heavy atom. The van der Waals surface area contributed by atoms with E-state index in [-0.39, 0.29) is 0 Å². The average molecular weight is 248 g/mol. The second-order valence-electron chi connectivity index (χ2n) is 3.86. The molecule has 0 saturated heterocycles. The van der Waals surface area contributed by atoms with Crippen molar-refractivity contribution in [2.75, 3.05) is 0 Å². The third kappa shape index (κ3) is 2.99. The first-order chi connectivity index (χ1) is 8.19. The summed E-state index contributed by atoms with van der Waals surface area (Å²) in [7, 11) is 0. The van der Waals surface area contributed by atoms with Gasteiger partial charge in [0.1, 0.15) is 11.5 Å². The molecule has 0 unspecified atom stereocenters. The lowest BCUT2D eigenvalue weighted by molar-refractivity contribution is 0.478. The highest BCUT2D eigenvalue weighted by Gasteiger charge is 2.02. The molecule has 0 heterocycles. The van der Waals surface area contributed by atoms with Crippen LogP contribution in [0.4, 0.5) is 0 Å². The van der Waals surface area contributed by atoms with Gasteiger partial charge in [-0.2, -0.15) is 0 Å². The van der Waals surface area contributed by atoms with Crippen LogP contribution in [0, 0.1) is 6.92 Å². The summed E-state index contributed by atoms with van der Waals surface area (Å²) in [5, 5.41) is 0.701. The first-order valence-electron chi connectivity index (χ1n) is 5.42. The zero-order valence-electron chi connectivity index (χ0n) is 9.61. The van der Waals surface area contributed by atoms with Crippen LogP contribution in [0.2, 0.25) is 5.02 Å². The Labute approximate surface area is 106 Å². The SMILES string of the molecule is Cc1cc(CN)ccc1Oc1ccc(Cl)cc1. The molecule has 3 heteroatoms. The molecule has 0 aliphatic carbocycles. The van der Waals surface area contributed by atoms with E-state index in [1.54, 1.807) is 12.1 Å². The predicted molar refractivity (Wildman–Crippen MR) is 70.6 cm³/mol. The molecule has 2 aromatic carbocycles. The van der Waals surface area contributed by atoms with Gasteiger partial charge in [0.05, 0.1) is 0 Å². The van der Waals surface area contributed by atoms with Crippen molar-refractivity contribution >= 4 is 11.6 Å². The zero-order valence-corrected chi connectivity index (χ0v) is 10.4. The molecule has 0 aliphatic heterocycles. The first-order valence-corrected chi connectivity index (χ1v) is 5.80. The summed E-state index contributed by atoms with van der Waals surface area (Å²) in [5.41, 5.74) is 7.76. The van der Waals surface area contributed by atoms with Crippen molar-refractivity contribution in [3.8, 4) is 11.5 Å². The largest absolute Gasteiger partial charge is 0.457 e. The molecule has 0 atom stereocenters. The standard InChI is InChI=1S/C14H14ClNO/c1-10-8-11(9-16)2-7-14(10)17-13-5-3-12(15)4-6-13/h2-8H,9,16H2,1H3. The van der Waals surface area contributed by atoms with E-state index in [2.05, 4.69) is 0 Å². The van der Waals surface area contributed by atoms with E-state index in [1.807, 2.05) is 37.3 Å². The van der Waals surface area contributed by atoms with E-state index in [0.717, 1.165) is 22.6 Å². The molecule has 2 rings (SSSR count). The van der Waals surface area contributed by atoms with Gasteiger partial charge in [0.15, 0.2) is 0 Å². The fourth-order valence-corrected chi connectivity index (χ4v) is 1.71. The van der Waals surface area contributed by atoms with Gasteiger partial charge in [-0.05, 0) is 48.4 Å². The minimum absolute atomic E-state index is 0.544. The van der Waals surface area contributed by atoms with E-state index in [0.29, 0.717) is 11.6 Å². The van der Waals surface area contributed by atoms with Crippen molar-refractivity contribution in [3.63, 3.8) is 0 Å². The van der Waals surface area contributed by atoms with Crippen molar-refractivity contribution < 1.29 is 4.74 Å². The van der Waals surface area contributed by atoms with Gasteiger partial charge in [-0.3, -0.25) is 0 Å². The molecular weight excluding hydrogens is 234 g/mol. The average Bonchev–Trinajstić information content (AvgIpc) is 2.34. The smallest absolute Gasteiger partial charge is 0.130 e. The van der Waals surface area contributed by atoms with Gasteiger partial charge in [-0.1, -0.05) is 23.7 Å². The molecule has 0 fully saturated rings. The van der Waals surface area contributed by atoms with Crippen LogP contribution in [0.5, 0.6) is 11.5 Å². The number of nitrogens with two attached hydrogens (primary N) is 1. The van der Waals surface area contributed by atoms with Crippen LogP contribution in [0.1, 0.15) is 11.1 Å². The van der Waals surface area contributed by atoms with Crippen LogP contribution in [0.15, 0.2) is 42.5 Å². The van der Waals surface area contributed by atoms with E-state index in [4.69, 9.17) is 22.1 Å². The normalized spacial score (nSPS) is 10.3. The van der Waals surface area contributed by atoms with Crippen LogP contribution >= 0.6 is 11.6 Å². The number of benzene rings is 2. The molecule has 0 radical (unpaired) electrons. The maximum Gasteiger partial charge on any atom is 0.130 e. The van der Waals surface area contributed by atoms with Crippen LogP contribution in [0.25, 0.3) is 0 Å². The highest BCUT2D eigenvalue weighted by molar-refractivity contribution is 6.30. The molecule has 0 bridgehead atoms. The summed E-state index contributed by atoms with van der Waals surface area (Å²) in [5.74, 6) is 1.61. The monoisotopic (exact) mass is 247 g/mol. The van der Waals surface area contributed by atoms with Crippen molar-refractivity contribution in [2.24, 2.45) is 5.73 Å². The Balaban J connectivity index is 2.21. The second-order valence-corrected chi connectivity index (χ2v) is 4.30. The van der Waals surface area contributed by atoms with Gasteiger partial charge in [0.25, 0.3) is 0 Å². The summed E-state index contributed by atoms with van der Waals surface area (Å²) in [6.07, 6.45) is 0. The molecule has 0 aromatic heterocycles. The van der Waals surface area contributed by atoms with Crippen LogP contribution < -0.4 is 10.5 Å². The topological polar surface area (TPSA) is 35.2 Å². The Morgan fingerprint density at radius 3 is 2.41 bits per heavy atom. The van der Waals surface area contributed by atoms with Gasteiger partial charge >= 0.3 is 0 Å². The minimum atomic E-state index is 0.544. The van der Waals surface area contributed by atoms with Crippen LogP contribution in [-0.2, 0) is 6.54 Å². The van der Waals surface area contributed by atoms with Gasteiger partial charge < -0.3 is 10.5 Å². The summed E-state index contributed by atoms with van der Waals surface area (Å²) in [6, 6.07) is 13.2. The van der Waals surface area contributed by atoms with Crippen molar-refractivity contribution in [1.29, 1.82) is 0 Å². The van der Waals surface area contributed by atoms with E-state index < -0.39 is 0 Å². The Morgan fingerprint density at radius 2 is 1.82 bits per heavy atom. The van der Waals surface area contributed by atoms with Crippen molar-refractivity contribution in [2.45, 2.75) is 13.5 Å². The van der Waals surface area contributed by atoms with Crippen LogP contribution in [-0.4, -0.2) is 0 Å². The van der Waals surface area contributed by atoms with Crippen LogP contribution in [0.3, 0.4) is 0 Å². The van der Waals surface area contributed by atoms with Crippen molar-refractivity contribution in [3.05, 3.63) is 58.6 Å². The molecular formula is C14H14ClNO. The lowest BCUT2D eigenvalue weighted by atomic mass is 10.1. The number of ether oxygens (including phenoxy) is 1. The number of hydrogen-bond donors (Lipinski definition) is 1. The van der Waals surface area contributed by atoms with E-state index in [9.17, 15) is 0 Å². The molecule has 88 valence electrons. The van der Waals surface area contributed by atoms with Gasteiger partial charge in [-0.15, -0.1) is 0 Å². The van der Waals surface area contributed by atoms with E-state index >= 15 is 0 Å². The molecule has 2 N–H and O–H groups in total. The molecule has 0 amide bonds. The lowest BCUT2D eigenvalue weighted by Crippen LogP contribution is -1.97. The van der Waals surface area contributed by atoms with Gasteiger partial charge in [0, 0.05) is 11.6 Å².